The summed E-state index contributed by atoms with van der Waals surface area (Å²) in [6.45, 7) is 4.76. The fourth-order valence-corrected chi connectivity index (χ4v) is 3.70. The van der Waals surface area contributed by atoms with Crippen molar-refractivity contribution in [1.29, 1.82) is 0 Å². The molecule has 5 nitrogen and oxygen atoms in total. The standard InChI is InChI=1S/C19H16ClN3O2S/c1-2-9-23-18(14-4-6-15(20)7-5-14)21-22-19(23)26-11-13-3-8-16-17(10-13)25-12-24-16/h2-8,10H,1,9,11-12H2. The van der Waals surface area contributed by atoms with Crippen LogP contribution < -0.4 is 9.47 Å². The minimum atomic E-state index is 0.282. The topological polar surface area (TPSA) is 49.2 Å². The molecule has 1 aromatic heterocycles. The third-order valence-corrected chi connectivity index (χ3v) is 5.23. The lowest BCUT2D eigenvalue weighted by Gasteiger charge is -2.08. The molecule has 0 radical (unpaired) electrons. The predicted octanol–water partition coefficient (Wildman–Crippen LogP) is 4.81. The van der Waals surface area contributed by atoms with Crippen LogP contribution in [0.1, 0.15) is 5.56 Å². The number of allylic oxidation sites excluding steroid dienone is 1. The summed E-state index contributed by atoms with van der Waals surface area (Å²) in [5.41, 5.74) is 2.11. The number of thioether (sulfide) groups is 1. The average Bonchev–Trinajstić information content (AvgIpc) is 3.27. The SMILES string of the molecule is C=CCn1c(SCc2ccc3c(c2)OCO3)nnc1-c1ccc(Cl)cc1. The molecule has 0 atom stereocenters. The smallest absolute Gasteiger partial charge is 0.231 e. The third kappa shape index (κ3) is 3.43. The van der Waals surface area contributed by atoms with Gasteiger partial charge in [-0.05, 0) is 42.0 Å². The van der Waals surface area contributed by atoms with Gasteiger partial charge in [0.15, 0.2) is 22.5 Å². The van der Waals surface area contributed by atoms with Crippen LogP contribution in [0.3, 0.4) is 0 Å². The van der Waals surface area contributed by atoms with Crippen LogP contribution in [0.15, 0.2) is 60.3 Å². The van der Waals surface area contributed by atoms with E-state index < -0.39 is 0 Å². The van der Waals surface area contributed by atoms with E-state index in [0.717, 1.165) is 39.4 Å². The molecule has 0 saturated heterocycles. The number of rotatable bonds is 6. The van der Waals surface area contributed by atoms with E-state index in [1.54, 1.807) is 11.8 Å². The van der Waals surface area contributed by atoms with Crippen LogP contribution in [0.2, 0.25) is 5.02 Å². The summed E-state index contributed by atoms with van der Waals surface area (Å²) in [4.78, 5) is 0. The Morgan fingerprint density at radius 1 is 1.12 bits per heavy atom. The van der Waals surface area contributed by atoms with E-state index in [0.29, 0.717) is 11.6 Å². The molecular weight excluding hydrogens is 370 g/mol. The van der Waals surface area contributed by atoms with Crippen LogP contribution in [0.4, 0.5) is 0 Å². The highest BCUT2D eigenvalue weighted by Gasteiger charge is 2.16. The second-order valence-corrected chi connectivity index (χ2v) is 7.07. The van der Waals surface area contributed by atoms with Crippen molar-refractivity contribution in [2.75, 3.05) is 6.79 Å². The Kier molecular flexibility index (Phi) is 4.86. The number of hydrogen-bond acceptors (Lipinski definition) is 5. The third-order valence-electron chi connectivity index (χ3n) is 3.94. The highest BCUT2D eigenvalue weighted by atomic mass is 35.5. The van der Waals surface area contributed by atoms with Crippen molar-refractivity contribution in [2.24, 2.45) is 0 Å². The van der Waals surface area contributed by atoms with Gasteiger partial charge >= 0.3 is 0 Å². The minimum absolute atomic E-state index is 0.282. The molecule has 0 bridgehead atoms. The summed E-state index contributed by atoms with van der Waals surface area (Å²) >= 11 is 7.60. The zero-order chi connectivity index (χ0) is 17.9. The Morgan fingerprint density at radius 3 is 2.73 bits per heavy atom. The van der Waals surface area contributed by atoms with E-state index in [4.69, 9.17) is 21.1 Å². The maximum Gasteiger partial charge on any atom is 0.231 e. The molecule has 26 heavy (non-hydrogen) atoms. The first kappa shape index (κ1) is 17.0. The van der Waals surface area contributed by atoms with Crippen LogP contribution in [0.25, 0.3) is 11.4 Å². The lowest BCUT2D eigenvalue weighted by molar-refractivity contribution is 0.174. The minimum Gasteiger partial charge on any atom is -0.454 e. The number of aromatic nitrogens is 3. The van der Waals surface area contributed by atoms with E-state index in [-0.39, 0.29) is 6.79 Å². The monoisotopic (exact) mass is 385 g/mol. The summed E-state index contributed by atoms with van der Waals surface area (Å²) in [6.07, 6.45) is 1.84. The van der Waals surface area contributed by atoms with Gasteiger partial charge in [0.05, 0.1) is 0 Å². The first-order valence-corrected chi connectivity index (χ1v) is 9.42. The Morgan fingerprint density at radius 2 is 1.92 bits per heavy atom. The summed E-state index contributed by atoms with van der Waals surface area (Å²) in [5, 5.41) is 10.3. The quantitative estimate of drug-likeness (QED) is 0.450. The number of benzene rings is 2. The molecule has 132 valence electrons. The number of halogens is 1. The van der Waals surface area contributed by atoms with E-state index >= 15 is 0 Å². The van der Waals surface area contributed by atoms with Gasteiger partial charge in [-0.3, -0.25) is 4.57 Å². The summed E-state index contributed by atoms with van der Waals surface area (Å²) in [5.74, 6) is 3.14. The number of ether oxygens (including phenoxy) is 2. The maximum atomic E-state index is 5.98. The molecule has 0 unspecified atom stereocenters. The summed E-state index contributed by atoms with van der Waals surface area (Å²) in [6, 6.07) is 13.6. The summed E-state index contributed by atoms with van der Waals surface area (Å²) in [7, 11) is 0. The van der Waals surface area contributed by atoms with Gasteiger partial charge in [0.1, 0.15) is 0 Å². The first-order valence-electron chi connectivity index (χ1n) is 8.06. The molecule has 0 fully saturated rings. The van der Waals surface area contributed by atoms with Crippen molar-refractivity contribution in [3.05, 3.63) is 65.7 Å². The molecule has 4 rings (SSSR count). The van der Waals surface area contributed by atoms with Crippen LogP contribution >= 0.6 is 23.4 Å². The molecule has 1 aliphatic rings. The molecule has 0 N–H and O–H groups in total. The number of nitrogens with zero attached hydrogens (tertiary/aromatic N) is 3. The van der Waals surface area contributed by atoms with Gasteiger partial charge in [0.2, 0.25) is 6.79 Å². The average molecular weight is 386 g/mol. The van der Waals surface area contributed by atoms with Crippen molar-refractivity contribution in [2.45, 2.75) is 17.5 Å². The summed E-state index contributed by atoms with van der Waals surface area (Å²) < 4.78 is 12.8. The first-order chi connectivity index (χ1) is 12.7. The lowest BCUT2D eigenvalue weighted by atomic mass is 10.2. The second kappa shape index (κ2) is 7.43. The van der Waals surface area contributed by atoms with Gasteiger partial charge < -0.3 is 9.47 Å². The maximum absolute atomic E-state index is 5.98. The Labute approximate surface area is 160 Å². The molecular formula is C19H16ClN3O2S. The molecule has 1 aliphatic heterocycles. The normalized spacial score (nSPS) is 12.3. The Bertz CT molecular complexity index is 940. The van der Waals surface area contributed by atoms with Gasteiger partial charge in [-0.15, -0.1) is 16.8 Å². The van der Waals surface area contributed by atoms with E-state index in [2.05, 4.69) is 16.8 Å². The van der Waals surface area contributed by atoms with Gasteiger partial charge in [0.25, 0.3) is 0 Å². The molecule has 0 spiro atoms. The van der Waals surface area contributed by atoms with Crippen molar-refractivity contribution < 1.29 is 9.47 Å². The van der Waals surface area contributed by atoms with Crippen LogP contribution in [0, 0.1) is 0 Å². The largest absolute Gasteiger partial charge is 0.454 e. The van der Waals surface area contributed by atoms with Crippen LogP contribution in [-0.2, 0) is 12.3 Å². The molecule has 3 aromatic rings. The highest BCUT2D eigenvalue weighted by Crippen LogP contribution is 2.34. The molecule has 0 aliphatic carbocycles. The van der Waals surface area contributed by atoms with Crippen molar-refractivity contribution in [3.8, 4) is 22.9 Å². The predicted molar refractivity (Wildman–Crippen MR) is 103 cm³/mol. The highest BCUT2D eigenvalue weighted by molar-refractivity contribution is 7.98. The van der Waals surface area contributed by atoms with Gasteiger partial charge in [-0.2, -0.15) is 0 Å². The lowest BCUT2D eigenvalue weighted by Crippen LogP contribution is -2.00. The Balaban J connectivity index is 1.56. The Hall–Kier alpha value is -2.44. The fourth-order valence-electron chi connectivity index (χ4n) is 2.68. The molecule has 0 amide bonds. The molecule has 2 aromatic carbocycles. The van der Waals surface area contributed by atoms with Crippen LogP contribution in [0.5, 0.6) is 11.5 Å². The van der Waals surface area contributed by atoms with Gasteiger partial charge in [-0.25, -0.2) is 0 Å². The van der Waals surface area contributed by atoms with E-state index in [9.17, 15) is 0 Å². The van der Waals surface area contributed by atoms with Gasteiger partial charge in [-0.1, -0.05) is 35.5 Å². The van der Waals surface area contributed by atoms with Crippen LogP contribution in [-0.4, -0.2) is 21.6 Å². The molecule has 7 heteroatoms. The zero-order valence-corrected chi connectivity index (χ0v) is 15.5. The number of hydrogen-bond donors (Lipinski definition) is 0. The van der Waals surface area contributed by atoms with E-state index in [1.807, 2.05) is 53.1 Å². The van der Waals surface area contributed by atoms with Crippen molar-refractivity contribution in [1.82, 2.24) is 14.8 Å². The molecule has 0 saturated carbocycles. The van der Waals surface area contributed by atoms with E-state index in [1.165, 1.54) is 0 Å². The fraction of sp³-hybridized carbons (Fsp3) is 0.158. The second-order valence-electron chi connectivity index (χ2n) is 5.69. The molecule has 2 heterocycles. The zero-order valence-electron chi connectivity index (χ0n) is 13.9. The van der Waals surface area contributed by atoms with Crippen molar-refractivity contribution in [3.63, 3.8) is 0 Å². The van der Waals surface area contributed by atoms with Gasteiger partial charge in [0, 0.05) is 22.9 Å². The van der Waals surface area contributed by atoms with Crippen molar-refractivity contribution >= 4 is 23.4 Å². The number of fused-ring (bicyclic) bond motifs is 1.